The van der Waals surface area contributed by atoms with Gasteiger partial charge in [0.15, 0.2) is 0 Å². The number of anilines is 2. The molecular formula is C20H14Cl2F2N4S2. The Kier molecular flexibility index (Phi) is 6.48. The number of hydrazine groups is 1. The lowest BCUT2D eigenvalue weighted by Crippen LogP contribution is -2.07. The van der Waals surface area contributed by atoms with Crippen LogP contribution in [0.1, 0.15) is 20.9 Å². The molecule has 0 amide bonds. The van der Waals surface area contributed by atoms with E-state index in [0.29, 0.717) is 44.3 Å². The van der Waals surface area contributed by atoms with Crippen LogP contribution in [-0.2, 0) is 12.8 Å². The summed E-state index contributed by atoms with van der Waals surface area (Å²) in [5, 5.41) is 2.32. The van der Waals surface area contributed by atoms with Crippen molar-refractivity contribution in [1.29, 1.82) is 0 Å². The van der Waals surface area contributed by atoms with Gasteiger partial charge in [0.2, 0.25) is 10.3 Å². The lowest BCUT2D eigenvalue weighted by molar-refractivity contribution is 0.625. The van der Waals surface area contributed by atoms with Crippen LogP contribution in [0.15, 0.2) is 48.8 Å². The van der Waals surface area contributed by atoms with Crippen molar-refractivity contribution >= 4 is 56.1 Å². The van der Waals surface area contributed by atoms with Crippen molar-refractivity contribution in [2.75, 3.05) is 10.9 Å². The van der Waals surface area contributed by atoms with Gasteiger partial charge in [0.05, 0.1) is 0 Å². The minimum absolute atomic E-state index is 0.321. The second-order valence-electron chi connectivity index (χ2n) is 6.34. The van der Waals surface area contributed by atoms with E-state index in [1.54, 1.807) is 24.5 Å². The van der Waals surface area contributed by atoms with Gasteiger partial charge in [-0.1, -0.05) is 23.2 Å². The zero-order chi connectivity index (χ0) is 21.1. The summed E-state index contributed by atoms with van der Waals surface area (Å²) in [4.78, 5) is 10.5. The summed E-state index contributed by atoms with van der Waals surface area (Å²) in [6, 6.07) is 8.61. The first kappa shape index (κ1) is 21.0. The Hall–Kier alpha value is -2.26. The van der Waals surface area contributed by atoms with Gasteiger partial charge < -0.3 is 0 Å². The summed E-state index contributed by atoms with van der Waals surface area (Å²) >= 11 is 15.1. The molecule has 2 N–H and O–H groups in total. The van der Waals surface area contributed by atoms with Gasteiger partial charge in [-0.25, -0.2) is 18.7 Å². The lowest BCUT2D eigenvalue weighted by atomic mass is 10.1. The molecule has 154 valence electrons. The van der Waals surface area contributed by atoms with Gasteiger partial charge in [0.1, 0.15) is 11.6 Å². The van der Waals surface area contributed by atoms with Crippen LogP contribution in [-0.4, -0.2) is 9.97 Å². The van der Waals surface area contributed by atoms with Crippen molar-refractivity contribution in [3.05, 3.63) is 91.4 Å². The van der Waals surface area contributed by atoms with E-state index < -0.39 is 0 Å². The molecule has 0 aliphatic carbocycles. The number of benzene rings is 2. The molecule has 4 rings (SSSR count). The molecule has 0 saturated heterocycles. The molecule has 4 aromatic rings. The van der Waals surface area contributed by atoms with Gasteiger partial charge in [0.25, 0.3) is 0 Å². The molecule has 0 fully saturated rings. The minimum Gasteiger partial charge on any atom is -0.274 e. The second-order valence-corrected chi connectivity index (χ2v) is 9.38. The number of hydrogen-bond acceptors (Lipinski definition) is 6. The maximum absolute atomic E-state index is 13.4. The normalized spacial score (nSPS) is 10.9. The first-order chi connectivity index (χ1) is 14.5. The first-order valence-electron chi connectivity index (χ1n) is 8.75. The van der Waals surface area contributed by atoms with Crippen molar-refractivity contribution in [3.63, 3.8) is 0 Å². The molecule has 2 aromatic carbocycles. The zero-order valence-corrected chi connectivity index (χ0v) is 18.4. The Bertz CT molecular complexity index is 1090. The average molecular weight is 483 g/mol. The second kappa shape index (κ2) is 9.26. The van der Waals surface area contributed by atoms with E-state index in [2.05, 4.69) is 20.8 Å². The number of thiazole rings is 2. The number of nitrogens with zero attached hydrogens (tertiary/aromatic N) is 2. The molecule has 0 saturated carbocycles. The summed E-state index contributed by atoms with van der Waals surface area (Å²) < 4.78 is 26.8. The Labute approximate surface area is 189 Å². The lowest BCUT2D eigenvalue weighted by Gasteiger charge is -2.03. The van der Waals surface area contributed by atoms with E-state index in [9.17, 15) is 8.78 Å². The van der Waals surface area contributed by atoms with Crippen LogP contribution in [0.3, 0.4) is 0 Å². The molecule has 0 atom stereocenters. The first-order valence-corrected chi connectivity index (χ1v) is 11.1. The number of aromatic nitrogens is 2. The molecule has 2 heterocycles. The van der Waals surface area contributed by atoms with Crippen LogP contribution in [0.4, 0.5) is 19.0 Å². The van der Waals surface area contributed by atoms with Crippen LogP contribution in [0, 0.1) is 11.6 Å². The maximum Gasteiger partial charge on any atom is 0.201 e. The fourth-order valence-electron chi connectivity index (χ4n) is 2.73. The Morgan fingerprint density at radius 3 is 1.60 bits per heavy atom. The summed E-state index contributed by atoms with van der Waals surface area (Å²) in [6.07, 6.45) is 4.42. The van der Waals surface area contributed by atoms with Gasteiger partial charge in [0, 0.05) is 45.0 Å². The zero-order valence-electron chi connectivity index (χ0n) is 15.3. The standard InChI is InChI=1S/C20H14Cl2F2N4S2/c21-17-3-1-13(23)5-11(17)7-15-9-25-19(29-15)27-28-20-26-10-16(30-20)8-12-6-14(24)2-4-18(12)22/h1-6,9-10H,7-8H2,(H,25,27)(H,26,28). The highest BCUT2D eigenvalue weighted by molar-refractivity contribution is 7.16. The molecule has 0 aliphatic rings. The van der Waals surface area contributed by atoms with E-state index in [-0.39, 0.29) is 11.6 Å². The van der Waals surface area contributed by atoms with Gasteiger partial charge in [-0.15, -0.1) is 22.7 Å². The van der Waals surface area contributed by atoms with Crippen LogP contribution < -0.4 is 10.9 Å². The van der Waals surface area contributed by atoms with E-state index in [0.717, 1.165) is 9.75 Å². The van der Waals surface area contributed by atoms with Crippen LogP contribution >= 0.6 is 45.9 Å². The molecule has 0 unspecified atom stereocenters. The Morgan fingerprint density at radius 2 is 1.17 bits per heavy atom. The molecule has 10 heteroatoms. The third-order valence-electron chi connectivity index (χ3n) is 4.13. The summed E-state index contributed by atoms with van der Waals surface area (Å²) in [6.45, 7) is 0. The van der Waals surface area contributed by atoms with Crippen LogP contribution in [0.2, 0.25) is 10.0 Å². The predicted molar refractivity (Wildman–Crippen MR) is 120 cm³/mol. The van der Waals surface area contributed by atoms with Gasteiger partial charge in [-0.3, -0.25) is 10.9 Å². The van der Waals surface area contributed by atoms with Crippen LogP contribution in [0.25, 0.3) is 0 Å². The van der Waals surface area contributed by atoms with Crippen molar-refractivity contribution < 1.29 is 8.78 Å². The van der Waals surface area contributed by atoms with Gasteiger partial charge in [-0.2, -0.15) is 0 Å². The van der Waals surface area contributed by atoms with E-state index in [1.807, 2.05) is 0 Å². The summed E-state index contributed by atoms with van der Waals surface area (Å²) in [5.41, 5.74) is 7.42. The number of rotatable bonds is 7. The highest BCUT2D eigenvalue weighted by Crippen LogP contribution is 2.27. The summed E-state index contributed by atoms with van der Waals surface area (Å²) in [7, 11) is 0. The number of halogens is 4. The maximum atomic E-state index is 13.4. The molecule has 4 nitrogen and oxygen atoms in total. The van der Waals surface area contributed by atoms with Gasteiger partial charge >= 0.3 is 0 Å². The molecule has 0 spiro atoms. The SMILES string of the molecule is Fc1ccc(Cl)c(Cc2cnc(NNc3ncc(Cc4cc(F)ccc4Cl)s3)s2)c1. The highest BCUT2D eigenvalue weighted by Gasteiger charge is 2.10. The van der Waals surface area contributed by atoms with Crippen molar-refractivity contribution in [2.45, 2.75) is 12.8 Å². The van der Waals surface area contributed by atoms with Crippen molar-refractivity contribution in [2.24, 2.45) is 0 Å². The topological polar surface area (TPSA) is 49.8 Å². The Morgan fingerprint density at radius 1 is 0.733 bits per heavy atom. The molecule has 0 radical (unpaired) electrons. The smallest absolute Gasteiger partial charge is 0.201 e. The molecule has 30 heavy (non-hydrogen) atoms. The fraction of sp³-hybridized carbons (Fsp3) is 0.100. The van der Waals surface area contributed by atoms with E-state index in [4.69, 9.17) is 23.2 Å². The molecule has 0 bridgehead atoms. The monoisotopic (exact) mass is 482 g/mol. The summed E-state index contributed by atoms with van der Waals surface area (Å²) in [5.74, 6) is -0.643. The van der Waals surface area contributed by atoms with E-state index in [1.165, 1.54) is 46.9 Å². The Balaban J connectivity index is 1.35. The third-order valence-corrected chi connectivity index (χ3v) is 6.69. The molecular weight excluding hydrogens is 469 g/mol. The van der Waals surface area contributed by atoms with Gasteiger partial charge in [-0.05, 0) is 47.5 Å². The highest BCUT2D eigenvalue weighted by atomic mass is 35.5. The number of hydrogen-bond donors (Lipinski definition) is 2. The quantitative estimate of drug-likeness (QED) is 0.284. The van der Waals surface area contributed by atoms with E-state index >= 15 is 0 Å². The minimum atomic E-state index is -0.321. The van der Waals surface area contributed by atoms with Crippen molar-refractivity contribution in [1.82, 2.24) is 9.97 Å². The van der Waals surface area contributed by atoms with Crippen molar-refractivity contribution in [3.8, 4) is 0 Å². The average Bonchev–Trinajstić information content (AvgIpc) is 3.35. The largest absolute Gasteiger partial charge is 0.274 e. The molecule has 2 aromatic heterocycles. The fourth-order valence-corrected chi connectivity index (χ4v) is 4.68. The van der Waals surface area contributed by atoms with Crippen LogP contribution in [0.5, 0.6) is 0 Å². The predicted octanol–water partition coefficient (Wildman–Crippen LogP) is 6.81. The number of nitrogens with one attached hydrogen (secondary N) is 2. The third kappa shape index (κ3) is 5.26. The molecule has 0 aliphatic heterocycles.